The van der Waals surface area contributed by atoms with Gasteiger partial charge in [-0.25, -0.2) is 0 Å². The zero-order valence-electron chi connectivity index (χ0n) is 14.1. The van der Waals surface area contributed by atoms with Crippen LogP contribution in [0.25, 0.3) is 6.08 Å². The Hall–Kier alpha value is -2.66. The molecule has 1 aliphatic heterocycles. The summed E-state index contributed by atoms with van der Waals surface area (Å²) in [5, 5.41) is 11.4. The first-order chi connectivity index (χ1) is 12.1. The van der Waals surface area contributed by atoms with Crippen molar-refractivity contribution in [1.29, 1.82) is 0 Å². The highest BCUT2D eigenvalue weighted by molar-refractivity contribution is 8.18. The second-order valence-electron chi connectivity index (χ2n) is 5.95. The molecule has 2 aromatic carbocycles. The van der Waals surface area contributed by atoms with Crippen molar-refractivity contribution in [2.45, 2.75) is 19.8 Å². The van der Waals surface area contributed by atoms with Crippen molar-refractivity contribution in [3.63, 3.8) is 0 Å². The van der Waals surface area contributed by atoms with Crippen molar-refractivity contribution in [2.24, 2.45) is 10.2 Å². The first kappa shape index (κ1) is 17.2. The lowest BCUT2D eigenvalue weighted by atomic mass is 10.0. The average Bonchev–Trinajstić information content (AvgIpc) is 2.96. The van der Waals surface area contributed by atoms with E-state index in [0.717, 1.165) is 11.1 Å². The van der Waals surface area contributed by atoms with Crippen LogP contribution in [0.4, 0.5) is 0 Å². The van der Waals surface area contributed by atoms with E-state index < -0.39 is 0 Å². The average molecular weight is 349 g/mol. The third-order valence-electron chi connectivity index (χ3n) is 3.71. The maximum absolute atomic E-state index is 12.0. The van der Waals surface area contributed by atoms with Crippen molar-refractivity contribution in [3.8, 4) is 0 Å². The minimum atomic E-state index is -0.149. The Labute approximate surface area is 151 Å². The van der Waals surface area contributed by atoms with Crippen molar-refractivity contribution in [2.75, 3.05) is 0 Å². The van der Waals surface area contributed by atoms with Gasteiger partial charge in [-0.3, -0.25) is 10.1 Å². The number of carbonyl (C=O) groups excluding carboxylic acids is 1. The Morgan fingerprint density at radius 1 is 1.00 bits per heavy atom. The van der Waals surface area contributed by atoms with Crippen molar-refractivity contribution in [3.05, 3.63) is 76.2 Å². The summed E-state index contributed by atoms with van der Waals surface area (Å²) in [5.74, 6) is 0.357. The van der Waals surface area contributed by atoms with Gasteiger partial charge in [0.05, 0.1) is 11.1 Å². The molecule has 4 nitrogen and oxygen atoms in total. The fourth-order valence-corrected chi connectivity index (χ4v) is 3.07. The minimum absolute atomic E-state index is 0.149. The van der Waals surface area contributed by atoms with Gasteiger partial charge in [-0.15, -0.1) is 5.10 Å². The number of carbonyl (C=O) groups is 1. The SMILES string of the molecule is CC(C)c1ccc(/C=N/N=C2/NC(=O)/C(=C\c3ccccc3)S2)cc1. The Bertz CT molecular complexity index is 837. The molecule has 25 heavy (non-hydrogen) atoms. The van der Waals surface area contributed by atoms with E-state index in [2.05, 4.69) is 41.5 Å². The number of thioether (sulfide) groups is 1. The Morgan fingerprint density at radius 3 is 2.40 bits per heavy atom. The summed E-state index contributed by atoms with van der Waals surface area (Å²) in [6.45, 7) is 4.32. The van der Waals surface area contributed by atoms with Gasteiger partial charge in [0.15, 0.2) is 5.17 Å². The minimum Gasteiger partial charge on any atom is -0.299 e. The van der Waals surface area contributed by atoms with Crippen molar-refractivity contribution in [1.82, 2.24) is 5.32 Å². The third-order valence-corrected chi connectivity index (χ3v) is 4.61. The summed E-state index contributed by atoms with van der Waals surface area (Å²) in [7, 11) is 0. The van der Waals surface area contributed by atoms with E-state index in [9.17, 15) is 4.79 Å². The Kier molecular flexibility index (Phi) is 5.46. The summed E-state index contributed by atoms with van der Waals surface area (Å²) in [4.78, 5) is 12.6. The van der Waals surface area contributed by atoms with Crippen LogP contribution in [0.1, 0.15) is 36.5 Å². The number of hydrogen-bond donors (Lipinski definition) is 1. The normalized spacial score (nSPS) is 17.8. The van der Waals surface area contributed by atoms with Crippen molar-refractivity contribution < 1.29 is 4.79 Å². The fraction of sp³-hybridized carbons (Fsp3) is 0.150. The Balaban J connectivity index is 1.66. The zero-order valence-corrected chi connectivity index (χ0v) is 15.0. The summed E-state index contributed by atoms with van der Waals surface area (Å²) < 4.78 is 0. The van der Waals surface area contributed by atoms with Crippen LogP contribution in [0.3, 0.4) is 0 Å². The lowest BCUT2D eigenvalue weighted by Crippen LogP contribution is -2.19. The number of nitrogens with one attached hydrogen (secondary N) is 1. The third kappa shape index (κ3) is 4.67. The molecule has 3 rings (SSSR count). The topological polar surface area (TPSA) is 53.8 Å². The van der Waals surface area contributed by atoms with E-state index in [1.54, 1.807) is 6.21 Å². The van der Waals surface area contributed by atoms with E-state index >= 15 is 0 Å². The molecule has 0 aromatic heterocycles. The summed E-state index contributed by atoms with van der Waals surface area (Å²) >= 11 is 1.29. The number of benzene rings is 2. The smallest absolute Gasteiger partial charge is 0.264 e. The van der Waals surface area contributed by atoms with Crippen LogP contribution in [-0.2, 0) is 4.79 Å². The van der Waals surface area contributed by atoms with Gasteiger partial charge >= 0.3 is 0 Å². The molecular weight excluding hydrogens is 330 g/mol. The molecule has 1 saturated heterocycles. The van der Waals surface area contributed by atoms with Gasteiger partial charge in [-0.2, -0.15) is 5.10 Å². The Morgan fingerprint density at radius 2 is 1.72 bits per heavy atom. The first-order valence-corrected chi connectivity index (χ1v) is 8.90. The summed E-state index contributed by atoms with van der Waals surface area (Å²) in [6.07, 6.45) is 3.53. The molecular formula is C20H19N3OS. The lowest BCUT2D eigenvalue weighted by molar-refractivity contribution is -0.115. The van der Waals surface area contributed by atoms with Crippen LogP contribution in [-0.4, -0.2) is 17.3 Å². The number of amidine groups is 1. The van der Waals surface area contributed by atoms with Gasteiger partial charge in [0.1, 0.15) is 0 Å². The number of amides is 1. The molecule has 5 heteroatoms. The molecule has 1 N–H and O–H groups in total. The molecule has 1 heterocycles. The van der Waals surface area contributed by atoms with Crippen LogP contribution in [0.15, 0.2) is 69.7 Å². The van der Waals surface area contributed by atoms with Gasteiger partial charge in [-0.05, 0) is 40.4 Å². The molecule has 0 aliphatic carbocycles. The van der Waals surface area contributed by atoms with Crippen LogP contribution in [0.5, 0.6) is 0 Å². The van der Waals surface area contributed by atoms with Crippen molar-refractivity contribution >= 4 is 35.1 Å². The van der Waals surface area contributed by atoms with E-state index in [-0.39, 0.29) is 5.91 Å². The van der Waals surface area contributed by atoms with Crippen LogP contribution < -0.4 is 5.32 Å². The molecule has 1 amide bonds. The number of hydrogen-bond acceptors (Lipinski definition) is 4. The highest BCUT2D eigenvalue weighted by atomic mass is 32.2. The maximum atomic E-state index is 12.0. The maximum Gasteiger partial charge on any atom is 0.264 e. The van der Waals surface area contributed by atoms with Crippen LogP contribution in [0.2, 0.25) is 0 Å². The summed E-state index contributed by atoms with van der Waals surface area (Å²) in [5.41, 5.74) is 3.25. The quantitative estimate of drug-likeness (QED) is 0.505. The molecule has 0 spiro atoms. The second kappa shape index (κ2) is 7.94. The molecule has 0 saturated carbocycles. The van der Waals surface area contributed by atoms with E-state index in [0.29, 0.717) is 16.0 Å². The highest BCUT2D eigenvalue weighted by Gasteiger charge is 2.23. The van der Waals surface area contributed by atoms with Gasteiger partial charge in [0.25, 0.3) is 5.91 Å². The molecule has 126 valence electrons. The van der Waals surface area contributed by atoms with Crippen LogP contribution in [0, 0.1) is 0 Å². The standard InChI is InChI=1S/C20H19N3OS/c1-14(2)17-10-8-16(9-11-17)13-21-23-20-22-19(24)18(25-20)12-15-6-4-3-5-7-15/h3-14H,1-2H3,(H,22,23,24)/b18-12+,21-13+. The van der Waals surface area contributed by atoms with Gasteiger partial charge in [0.2, 0.25) is 0 Å². The van der Waals surface area contributed by atoms with E-state index in [4.69, 9.17) is 0 Å². The lowest BCUT2D eigenvalue weighted by Gasteiger charge is -2.03. The number of nitrogens with zero attached hydrogens (tertiary/aromatic N) is 2. The highest BCUT2D eigenvalue weighted by Crippen LogP contribution is 2.25. The second-order valence-corrected chi connectivity index (χ2v) is 6.98. The molecule has 0 radical (unpaired) electrons. The van der Waals surface area contributed by atoms with E-state index in [1.807, 2.05) is 48.5 Å². The first-order valence-electron chi connectivity index (χ1n) is 8.09. The summed E-state index contributed by atoms with van der Waals surface area (Å²) in [6, 6.07) is 17.9. The predicted octanol–water partition coefficient (Wildman–Crippen LogP) is 4.40. The molecule has 2 aromatic rings. The monoisotopic (exact) mass is 349 g/mol. The predicted molar refractivity (Wildman–Crippen MR) is 106 cm³/mol. The molecule has 0 bridgehead atoms. The largest absolute Gasteiger partial charge is 0.299 e. The zero-order chi connectivity index (χ0) is 17.6. The molecule has 1 aliphatic rings. The van der Waals surface area contributed by atoms with Gasteiger partial charge in [0, 0.05) is 0 Å². The number of rotatable bonds is 4. The van der Waals surface area contributed by atoms with Crippen LogP contribution >= 0.6 is 11.8 Å². The van der Waals surface area contributed by atoms with E-state index in [1.165, 1.54) is 17.3 Å². The molecule has 0 unspecified atom stereocenters. The van der Waals surface area contributed by atoms with Gasteiger partial charge < -0.3 is 0 Å². The fourth-order valence-electron chi connectivity index (χ4n) is 2.29. The molecule has 0 atom stereocenters. The molecule has 1 fully saturated rings. The van der Waals surface area contributed by atoms with Gasteiger partial charge in [-0.1, -0.05) is 68.4 Å².